The molecule has 1 aliphatic heterocycles. The summed E-state index contributed by atoms with van der Waals surface area (Å²) in [5.74, 6) is 0.0535. The minimum Gasteiger partial charge on any atom is -0.364 e. The van der Waals surface area contributed by atoms with Crippen molar-refractivity contribution < 1.29 is 9.53 Å². The number of hydrogen-bond donors (Lipinski definition) is 2. The molecule has 0 aromatic rings. The minimum absolute atomic E-state index is 0.0535. The van der Waals surface area contributed by atoms with Crippen LogP contribution in [0.2, 0.25) is 0 Å². The highest BCUT2D eigenvalue weighted by Crippen LogP contribution is 2.35. The van der Waals surface area contributed by atoms with E-state index in [-0.39, 0.29) is 18.1 Å². The van der Waals surface area contributed by atoms with Gasteiger partial charge in [0.15, 0.2) is 0 Å². The van der Waals surface area contributed by atoms with Crippen LogP contribution in [-0.4, -0.2) is 31.2 Å². The molecule has 0 aromatic carbocycles. The van der Waals surface area contributed by atoms with Gasteiger partial charge in [0.1, 0.15) is 6.10 Å². The fraction of sp³-hybridized carbons (Fsp3) is 0.929. The molecule has 1 heterocycles. The highest BCUT2D eigenvalue weighted by Gasteiger charge is 2.32. The van der Waals surface area contributed by atoms with Crippen molar-refractivity contribution in [3.8, 4) is 0 Å². The number of nitrogens with two attached hydrogens (primary N) is 1. The smallest absolute Gasteiger partial charge is 0.249 e. The molecule has 2 rings (SSSR count). The van der Waals surface area contributed by atoms with Crippen LogP contribution in [0, 0.1) is 5.41 Å². The Balaban J connectivity index is 1.74. The van der Waals surface area contributed by atoms with Crippen LogP contribution >= 0.6 is 0 Å². The van der Waals surface area contributed by atoms with Gasteiger partial charge in [-0.1, -0.05) is 26.2 Å². The lowest BCUT2D eigenvalue weighted by Crippen LogP contribution is -2.42. The molecule has 0 aromatic heterocycles. The van der Waals surface area contributed by atoms with E-state index < -0.39 is 0 Å². The maximum absolute atomic E-state index is 12.0. The van der Waals surface area contributed by atoms with Crippen molar-refractivity contribution in [1.82, 2.24) is 5.32 Å². The fourth-order valence-corrected chi connectivity index (χ4v) is 3.07. The topological polar surface area (TPSA) is 64.4 Å². The maximum atomic E-state index is 12.0. The summed E-state index contributed by atoms with van der Waals surface area (Å²) >= 11 is 0. The molecule has 2 atom stereocenters. The van der Waals surface area contributed by atoms with Gasteiger partial charge in [-0.3, -0.25) is 4.79 Å². The Labute approximate surface area is 110 Å². The van der Waals surface area contributed by atoms with Crippen molar-refractivity contribution >= 4 is 5.91 Å². The predicted octanol–water partition coefficient (Wildman–Crippen LogP) is 1.58. The fourth-order valence-electron chi connectivity index (χ4n) is 3.07. The summed E-state index contributed by atoms with van der Waals surface area (Å²) in [7, 11) is 0. The van der Waals surface area contributed by atoms with Crippen molar-refractivity contribution in [1.29, 1.82) is 0 Å². The summed E-state index contributed by atoms with van der Waals surface area (Å²) in [6, 6.07) is 0. The summed E-state index contributed by atoms with van der Waals surface area (Å²) in [6.45, 7) is 3.59. The molecular formula is C14H26N2O2. The first kappa shape index (κ1) is 13.8. The Hall–Kier alpha value is -0.610. The lowest BCUT2D eigenvalue weighted by atomic mass is 9.76. The molecule has 3 N–H and O–H groups in total. The first-order valence-electron chi connectivity index (χ1n) is 7.26. The predicted molar refractivity (Wildman–Crippen MR) is 71.2 cm³/mol. The zero-order valence-electron chi connectivity index (χ0n) is 11.4. The van der Waals surface area contributed by atoms with Gasteiger partial charge in [-0.2, -0.15) is 0 Å². The highest BCUT2D eigenvalue weighted by molar-refractivity contribution is 5.81. The van der Waals surface area contributed by atoms with Crippen LogP contribution in [0.5, 0.6) is 0 Å². The maximum Gasteiger partial charge on any atom is 0.249 e. The highest BCUT2D eigenvalue weighted by atomic mass is 16.5. The van der Waals surface area contributed by atoms with E-state index in [0.29, 0.717) is 12.0 Å². The Morgan fingerprint density at radius 1 is 1.33 bits per heavy atom. The second-order valence-corrected chi connectivity index (χ2v) is 6.15. The SMILES string of the molecule is CC1(CNC(=O)C2CCC(CN)O2)CCCCC1. The molecule has 0 bridgehead atoms. The Bertz CT molecular complexity index is 288. The Morgan fingerprint density at radius 2 is 2.06 bits per heavy atom. The van der Waals surface area contributed by atoms with E-state index in [1.54, 1.807) is 0 Å². The van der Waals surface area contributed by atoms with Gasteiger partial charge >= 0.3 is 0 Å². The third-order valence-electron chi connectivity index (χ3n) is 4.41. The van der Waals surface area contributed by atoms with Crippen LogP contribution in [0.25, 0.3) is 0 Å². The standard InChI is InChI=1S/C14H26N2O2/c1-14(7-3-2-4-8-14)10-16-13(17)12-6-5-11(9-15)18-12/h11-12H,2-10,15H2,1H3,(H,16,17). The molecule has 2 aliphatic rings. The molecule has 18 heavy (non-hydrogen) atoms. The van der Waals surface area contributed by atoms with Gasteiger partial charge in [-0.25, -0.2) is 0 Å². The van der Waals surface area contributed by atoms with E-state index in [1.165, 1.54) is 32.1 Å². The van der Waals surface area contributed by atoms with Crippen LogP contribution in [0.15, 0.2) is 0 Å². The molecule has 1 saturated carbocycles. The molecule has 1 amide bonds. The van der Waals surface area contributed by atoms with Crippen LogP contribution in [-0.2, 0) is 9.53 Å². The number of ether oxygens (including phenoxy) is 1. The number of rotatable bonds is 4. The van der Waals surface area contributed by atoms with Crippen LogP contribution in [0.4, 0.5) is 0 Å². The van der Waals surface area contributed by atoms with E-state index in [9.17, 15) is 4.79 Å². The van der Waals surface area contributed by atoms with E-state index in [0.717, 1.165) is 19.4 Å². The molecule has 2 unspecified atom stereocenters. The normalized spacial score (nSPS) is 31.2. The summed E-state index contributed by atoms with van der Waals surface area (Å²) in [5.41, 5.74) is 5.84. The number of carbonyl (C=O) groups is 1. The first-order chi connectivity index (χ1) is 8.63. The molecule has 4 nitrogen and oxygen atoms in total. The van der Waals surface area contributed by atoms with Crippen molar-refractivity contribution in [3.05, 3.63) is 0 Å². The second kappa shape index (κ2) is 6.02. The van der Waals surface area contributed by atoms with Crippen LogP contribution < -0.4 is 11.1 Å². The van der Waals surface area contributed by atoms with Gasteiger partial charge in [0.05, 0.1) is 6.10 Å². The number of nitrogens with one attached hydrogen (secondary N) is 1. The zero-order chi connectivity index (χ0) is 13.0. The quantitative estimate of drug-likeness (QED) is 0.800. The second-order valence-electron chi connectivity index (χ2n) is 6.15. The van der Waals surface area contributed by atoms with Gasteiger partial charge in [0.2, 0.25) is 5.91 Å². The van der Waals surface area contributed by atoms with Crippen molar-refractivity contribution in [2.24, 2.45) is 11.1 Å². The molecular weight excluding hydrogens is 228 g/mol. The van der Waals surface area contributed by atoms with Gasteiger partial charge in [0.25, 0.3) is 0 Å². The van der Waals surface area contributed by atoms with Crippen molar-refractivity contribution in [2.45, 2.75) is 64.1 Å². The van der Waals surface area contributed by atoms with Gasteiger partial charge in [-0.15, -0.1) is 0 Å². The molecule has 0 radical (unpaired) electrons. The van der Waals surface area contributed by atoms with Crippen molar-refractivity contribution in [2.75, 3.05) is 13.1 Å². The zero-order valence-corrected chi connectivity index (χ0v) is 11.4. The third-order valence-corrected chi connectivity index (χ3v) is 4.41. The minimum atomic E-state index is -0.272. The largest absolute Gasteiger partial charge is 0.364 e. The third kappa shape index (κ3) is 3.45. The average Bonchev–Trinajstić information content (AvgIpc) is 2.86. The number of amides is 1. The summed E-state index contributed by atoms with van der Waals surface area (Å²) < 4.78 is 5.61. The molecule has 2 fully saturated rings. The summed E-state index contributed by atoms with van der Waals surface area (Å²) in [6.07, 6.45) is 7.90. The van der Waals surface area contributed by atoms with Gasteiger partial charge < -0.3 is 15.8 Å². The summed E-state index contributed by atoms with van der Waals surface area (Å²) in [5, 5.41) is 3.07. The van der Waals surface area contributed by atoms with Crippen LogP contribution in [0.3, 0.4) is 0 Å². The Kier molecular flexibility index (Phi) is 4.62. The van der Waals surface area contributed by atoms with Crippen LogP contribution in [0.1, 0.15) is 51.9 Å². The average molecular weight is 254 g/mol. The molecule has 4 heteroatoms. The van der Waals surface area contributed by atoms with E-state index in [4.69, 9.17) is 10.5 Å². The molecule has 104 valence electrons. The molecule has 1 aliphatic carbocycles. The van der Waals surface area contributed by atoms with Crippen molar-refractivity contribution in [3.63, 3.8) is 0 Å². The van der Waals surface area contributed by atoms with Gasteiger partial charge in [0, 0.05) is 13.1 Å². The molecule has 1 saturated heterocycles. The van der Waals surface area contributed by atoms with E-state index >= 15 is 0 Å². The Morgan fingerprint density at radius 3 is 2.67 bits per heavy atom. The lowest BCUT2D eigenvalue weighted by molar-refractivity contribution is -0.132. The number of hydrogen-bond acceptors (Lipinski definition) is 3. The number of carbonyl (C=O) groups excluding carboxylic acids is 1. The summed E-state index contributed by atoms with van der Waals surface area (Å²) in [4.78, 5) is 12.0. The van der Waals surface area contributed by atoms with Gasteiger partial charge in [-0.05, 0) is 31.1 Å². The first-order valence-corrected chi connectivity index (χ1v) is 7.26. The van der Waals surface area contributed by atoms with E-state index in [1.807, 2.05) is 0 Å². The lowest BCUT2D eigenvalue weighted by Gasteiger charge is -2.33. The van der Waals surface area contributed by atoms with E-state index in [2.05, 4.69) is 12.2 Å². The molecule has 0 spiro atoms. The monoisotopic (exact) mass is 254 g/mol.